The number of rotatable bonds is 3. The number of ether oxygens (including phenoxy) is 1. The zero-order chi connectivity index (χ0) is 14.8. The minimum Gasteiger partial charge on any atom is -0.406 e. The predicted octanol–water partition coefficient (Wildman–Crippen LogP) is 5.29. The van der Waals surface area contributed by atoms with Gasteiger partial charge in [0.15, 0.2) is 0 Å². The average molecular weight is 349 g/mol. The van der Waals surface area contributed by atoms with Gasteiger partial charge in [-0.1, -0.05) is 46.3 Å². The summed E-state index contributed by atoms with van der Waals surface area (Å²) < 4.78 is 54.0. The summed E-state index contributed by atoms with van der Waals surface area (Å²) >= 11 is 3.17. The Balaban J connectivity index is 2.31. The van der Waals surface area contributed by atoms with Gasteiger partial charge in [0.2, 0.25) is 0 Å². The fourth-order valence-electron chi connectivity index (χ4n) is 1.74. The molecule has 0 saturated heterocycles. The van der Waals surface area contributed by atoms with Crippen molar-refractivity contribution in [1.29, 1.82) is 0 Å². The van der Waals surface area contributed by atoms with E-state index in [1.165, 1.54) is 12.1 Å². The number of hydrogen-bond donors (Lipinski definition) is 0. The topological polar surface area (TPSA) is 9.23 Å². The quantitative estimate of drug-likeness (QED) is 0.541. The summed E-state index contributed by atoms with van der Waals surface area (Å²) in [6.07, 6.45) is -4.73. The molecule has 2 rings (SSSR count). The van der Waals surface area contributed by atoms with E-state index in [1.54, 1.807) is 18.2 Å². The Morgan fingerprint density at radius 2 is 1.65 bits per heavy atom. The van der Waals surface area contributed by atoms with Crippen molar-refractivity contribution in [3.63, 3.8) is 0 Å². The first-order valence-electron chi connectivity index (χ1n) is 5.60. The fourth-order valence-corrected chi connectivity index (χ4v) is 2.18. The first-order valence-corrected chi connectivity index (χ1v) is 6.72. The van der Waals surface area contributed by atoms with Crippen molar-refractivity contribution in [3.8, 4) is 16.9 Å². The Morgan fingerprint density at radius 1 is 1.00 bits per heavy atom. The summed E-state index contributed by atoms with van der Waals surface area (Å²) in [5, 5.41) is 0.363. The molecule has 0 aromatic heterocycles. The summed E-state index contributed by atoms with van der Waals surface area (Å²) in [7, 11) is 0. The molecular weight excluding hydrogens is 340 g/mol. The van der Waals surface area contributed by atoms with Crippen LogP contribution in [0.15, 0.2) is 42.5 Å². The van der Waals surface area contributed by atoms with Crippen LogP contribution in [0.3, 0.4) is 0 Å². The minimum atomic E-state index is -4.73. The highest BCUT2D eigenvalue weighted by atomic mass is 79.9. The van der Waals surface area contributed by atoms with Crippen LogP contribution >= 0.6 is 15.9 Å². The van der Waals surface area contributed by atoms with E-state index in [-0.39, 0.29) is 5.75 Å². The number of alkyl halides is 4. The molecule has 0 aliphatic heterocycles. The van der Waals surface area contributed by atoms with E-state index < -0.39 is 12.2 Å². The summed E-state index contributed by atoms with van der Waals surface area (Å²) in [6, 6.07) is 9.98. The first-order chi connectivity index (χ1) is 9.40. The van der Waals surface area contributed by atoms with Gasteiger partial charge in [-0.05, 0) is 23.3 Å². The lowest BCUT2D eigenvalue weighted by Crippen LogP contribution is -2.16. The first kappa shape index (κ1) is 14.8. The highest BCUT2D eigenvalue weighted by Crippen LogP contribution is 2.29. The fraction of sp³-hybridized carbons (Fsp3) is 0.143. The van der Waals surface area contributed by atoms with Crippen molar-refractivity contribution in [3.05, 3.63) is 53.8 Å². The van der Waals surface area contributed by atoms with E-state index >= 15 is 0 Å². The van der Waals surface area contributed by atoms with E-state index in [1.807, 2.05) is 0 Å². The Bertz CT molecular complexity index is 593. The number of hydrogen-bond acceptors (Lipinski definition) is 1. The van der Waals surface area contributed by atoms with Crippen molar-refractivity contribution < 1.29 is 22.3 Å². The molecule has 6 heteroatoms. The normalized spacial score (nSPS) is 11.4. The maximum Gasteiger partial charge on any atom is 0.573 e. The summed E-state index contributed by atoms with van der Waals surface area (Å²) in [4.78, 5) is 0. The third-order valence-corrected chi connectivity index (χ3v) is 3.23. The van der Waals surface area contributed by atoms with E-state index in [0.717, 1.165) is 12.1 Å². The standard InChI is InChI=1S/C14H9BrF4O/c15-8-10-2-1-3-12(13(10)16)9-4-6-11(7-5-9)20-14(17,18)19/h1-7H,8H2. The van der Waals surface area contributed by atoms with Crippen LogP contribution in [0.4, 0.5) is 17.6 Å². The van der Waals surface area contributed by atoms with Gasteiger partial charge in [0.05, 0.1) is 0 Å². The molecule has 2 aromatic carbocycles. The van der Waals surface area contributed by atoms with Gasteiger partial charge in [-0.25, -0.2) is 4.39 Å². The predicted molar refractivity (Wildman–Crippen MR) is 71.2 cm³/mol. The van der Waals surface area contributed by atoms with Crippen LogP contribution in [0.1, 0.15) is 5.56 Å². The molecule has 2 aromatic rings. The van der Waals surface area contributed by atoms with Gasteiger partial charge < -0.3 is 4.74 Å². The van der Waals surface area contributed by atoms with Gasteiger partial charge in [-0.15, -0.1) is 13.2 Å². The van der Waals surface area contributed by atoms with Crippen LogP contribution in [0.5, 0.6) is 5.75 Å². The molecule has 0 aliphatic carbocycles. The Kier molecular flexibility index (Phi) is 4.32. The lowest BCUT2D eigenvalue weighted by atomic mass is 10.0. The maximum atomic E-state index is 14.1. The lowest BCUT2D eigenvalue weighted by Gasteiger charge is -2.10. The number of benzene rings is 2. The smallest absolute Gasteiger partial charge is 0.406 e. The zero-order valence-corrected chi connectivity index (χ0v) is 11.6. The molecule has 0 saturated carbocycles. The molecule has 0 heterocycles. The van der Waals surface area contributed by atoms with Crippen LogP contribution in [-0.4, -0.2) is 6.36 Å². The second kappa shape index (κ2) is 5.83. The maximum absolute atomic E-state index is 14.1. The molecule has 0 bridgehead atoms. The molecule has 0 amide bonds. The molecule has 0 unspecified atom stereocenters. The monoisotopic (exact) mass is 348 g/mol. The molecule has 0 spiro atoms. The van der Waals surface area contributed by atoms with Gasteiger partial charge in [0.25, 0.3) is 0 Å². The SMILES string of the molecule is Fc1c(CBr)cccc1-c1ccc(OC(F)(F)F)cc1. The van der Waals surface area contributed by atoms with E-state index in [9.17, 15) is 17.6 Å². The molecule has 0 N–H and O–H groups in total. The van der Waals surface area contributed by atoms with Crippen molar-refractivity contribution in [2.75, 3.05) is 0 Å². The molecular formula is C14H9BrF4O. The van der Waals surface area contributed by atoms with Crippen LogP contribution < -0.4 is 4.74 Å². The third-order valence-electron chi connectivity index (χ3n) is 2.62. The van der Waals surface area contributed by atoms with E-state index in [4.69, 9.17) is 0 Å². The summed E-state index contributed by atoms with van der Waals surface area (Å²) in [5.74, 6) is -0.729. The molecule has 0 fully saturated rings. The average Bonchev–Trinajstić information content (AvgIpc) is 2.38. The third kappa shape index (κ3) is 3.50. The second-order valence-corrected chi connectivity index (χ2v) is 4.55. The van der Waals surface area contributed by atoms with Gasteiger partial charge >= 0.3 is 6.36 Å². The highest BCUT2D eigenvalue weighted by Gasteiger charge is 2.30. The van der Waals surface area contributed by atoms with Crippen molar-refractivity contribution >= 4 is 15.9 Å². The van der Waals surface area contributed by atoms with Crippen LogP contribution in [0, 0.1) is 5.82 Å². The van der Waals surface area contributed by atoms with Gasteiger partial charge in [-0.3, -0.25) is 0 Å². The summed E-state index contributed by atoms with van der Waals surface area (Å²) in [5.41, 5.74) is 1.30. The largest absolute Gasteiger partial charge is 0.573 e. The van der Waals surface area contributed by atoms with Crippen LogP contribution in [-0.2, 0) is 5.33 Å². The minimum absolute atomic E-state index is 0.334. The van der Waals surface area contributed by atoms with E-state index in [2.05, 4.69) is 20.7 Å². The molecule has 0 radical (unpaired) electrons. The van der Waals surface area contributed by atoms with Crippen LogP contribution in [0.2, 0.25) is 0 Å². The van der Waals surface area contributed by atoms with Crippen molar-refractivity contribution in [2.24, 2.45) is 0 Å². The van der Waals surface area contributed by atoms with Crippen LogP contribution in [0.25, 0.3) is 11.1 Å². The Labute approximate surface area is 121 Å². The summed E-state index contributed by atoms with van der Waals surface area (Å²) in [6.45, 7) is 0. The molecule has 106 valence electrons. The zero-order valence-electron chi connectivity index (χ0n) is 10.0. The van der Waals surface area contributed by atoms with Crippen molar-refractivity contribution in [1.82, 2.24) is 0 Å². The van der Waals surface area contributed by atoms with Gasteiger partial charge in [0, 0.05) is 10.9 Å². The second-order valence-electron chi connectivity index (χ2n) is 3.98. The highest BCUT2D eigenvalue weighted by molar-refractivity contribution is 9.08. The van der Waals surface area contributed by atoms with Crippen molar-refractivity contribution in [2.45, 2.75) is 11.7 Å². The molecule has 20 heavy (non-hydrogen) atoms. The number of halogens is 5. The van der Waals surface area contributed by atoms with Gasteiger partial charge in [0.1, 0.15) is 11.6 Å². The molecule has 1 nitrogen and oxygen atoms in total. The lowest BCUT2D eigenvalue weighted by molar-refractivity contribution is -0.274. The molecule has 0 atom stereocenters. The Hall–Kier alpha value is -1.56. The molecule has 0 aliphatic rings. The Morgan fingerprint density at radius 3 is 2.20 bits per heavy atom. The van der Waals surface area contributed by atoms with E-state index in [0.29, 0.717) is 22.0 Å². The van der Waals surface area contributed by atoms with Gasteiger partial charge in [-0.2, -0.15) is 0 Å².